The van der Waals surface area contributed by atoms with Gasteiger partial charge in [0, 0.05) is 35.3 Å². The highest BCUT2D eigenvalue weighted by molar-refractivity contribution is 6.00. The summed E-state index contributed by atoms with van der Waals surface area (Å²) in [6, 6.07) is 7.40. The number of anilines is 3. The SMILES string of the molecule is CC(C)(C)n1cc(-c2cc(NC(=O)Nc3cc(F)ccc3F)ccc2F)c(-c2ccnc(N)n2)n1. The van der Waals surface area contributed by atoms with Gasteiger partial charge in [-0.2, -0.15) is 5.10 Å². The number of hydrogen-bond donors (Lipinski definition) is 3. The maximum atomic E-state index is 15.0. The van der Waals surface area contributed by atoms with Crippen LogP contribution in [0, 0.1) is 17.5 Å². The number of urea groups is 1. The van der Waals surface area contributed by atoms with Gasteiger partial charge in [-0.1, -0.05) is 0 Å². The van der Waals surface area contributed by atoms with E-state index in [1.807, 2.05) is 20.8 Å². The van der Waals surface area contributed by atoms with Crippen LogP contribution in [0.5, 0.6) is 0 Å². The van der Waals surface area contributed by atoms with Crippen molar-refractivity contribution in [1.82, 2.24) is 19.7 Å². The van der Waals surface area contributed by atoms with Crippen molar-refractivity contribution in [3.63, 3.8) is 0 Å². The summed E-state index contributed by atoms with van der Waals surface area (Å²) in [5, 5.41) is 9.34. The normalized spacial score (nSPS) is 11.4. The fourth-order valence-electron chi connectivity index (χ4n) is 3.30. The number of nitrogens with one attached hydrogen (secondary N) is 2. The Morgan fingerprint density at radius 2 is 1.71 bits per heavy atom. The number of nitrogens with two attached hydrogens (primary N) is 1. The number of halogens is 3. The second-order valence-electron chi connectivity index (χ2n) is 8.70. The lowest BCUT2D eigenvalue weighted by Crippen LogP contribution is -2.22. The maximum Gasteiger partial charge on any atom is 0.323 e. The van der Waals surface area contributed by atoms with Crippen molar-refractivity contribution < 1.29 is 18.0 Å². The van der Waals surface area contributed by atoms with E-state index >= 15 is 4.39 Å². The summed E-state index contributed by atoms with van der Waals surface area (Å²) in [5.74, 6) is -2.04. The lowest BCUT2D eigenvalue weighted by molar-refractivity contribution is 0.262. The molecule has 2 aromatic heterocycles. The summed E-state index contributed by atoms with van der Waals surface area (Å²) in [7, 11) is 0. The van der Waals surface area contributed by atoms with Crippen molar-refractivity contribution in [2.75, 3.05) is 16.4 Å². The molecule has 4 N–H and O–H groups in total. The molecule has 0 spiro atoms. The molecule has 35 heavy (non-hydrogen) atoms. The van der Waals surface area contributed by atoms with Gasteiger partial charge in [0.25, 0.3) is 0 Å². The molecular weight excluding hydrogens is 459 g/mol. The molecule has 0 unspecified atom stereocenters. The molecule has 8 nitrogen and oxygen atoms in total. The zero-order valence-electron chi connectivity index (χ0n) is 19.1. The third-order valence-electron chi connectivity index (χ3n) is 5.01. The minimum absolute atomic E-state index is 0.0379. The first-order valence-corrected chi connectivity index (χ1v) is 10.5. The van der Waals surface area contributed by atoms with Crippen LogP contribution in [0.1, 0.15) is 20.8 Å². The Labute approximate surface area is 199 Å². The fraction of sp³-hybridized carbons (Fsp3) is 0.167. The zero-order chi connectivity index (χ0) is 25.3. The Kier molecular flexibility index (Phi) is 6.16. The van der Waals surface area contributed by atoms with Crippen molar-refractivity contribution in [3.8, 4) is 22.5 Å². The lowest BCUT2D eigenvalue weighted by Gasteiger charge is -2.18. The van der Waals surface area contributed by atoms with Gasteiger partial charge in [-0.15, -0.1) is 0 Å². The van der Waals surface area contributed by atoms with E-state index < -0.39 is 29.0 Å². The molecule has 0 bridgehead atoms. The lowest BCUT2D eigenvalue weighted by atomic mass is 10.0. The molecule has 2 amide bonds. The van der Waals surface area contributed by atoms with E-state index in [4.69, 9.17) is 5.73 Å². The van der Waals surface area contributed by atoms with Gasteiger partial charge in [-0.05, 0) is 57.2 Å². The average Bonchev–Trinajstić information content (AvgIpc) is 3.23. The maximum absolute atomic E-state index is 15.0. The van der Waals surface area contributed by atoms with E-state index in [0.717, 1.165) is 18.2 Å². The first-order chi connectivity index (χ1) is 16.5. The van der Waals surface area contributed by atoms with Crippen LogP contribution >= 0.6 is 0 Å². The fourth-order valence-corrected chi connectivity index (χ4v) is 3.30. The zero-order valence-corrected chi connectivity index (χ0v) is 19.1. The van der Waals surface area contributed by atoms with Crippen molar-refractivity contribution in [2.24, 2.45) is 0 Å². The van der Waals surface area contributed by atoms with Crippen LogP contribution in [0.4, 0.5) is 35.3 Å². The number of amides is 2. The van der Waals surface area contributed by atoms with Gasteiger partial charge in [0.15, 0.2) is 0 Å². The predicted octanol–water partition coefficient (Wildman–Crippen LogP) is 5.41. The summed E-state index contributed by atoms with van der Waals surface area (Å²) in [4.78, 5) is 20.5. The number of aromatic nitrogens is 4. The number of carbonyl (C=O) groups is 1. The van der Waals surface area contributed by atoms with Crippen LogP contribution in [-0.4, -0.2) is 25.8 Å². The molecule has 0 fully saturated rings. The van der Waals surface area contributed by atoms with E-state index in [0.29, 0.717) is 17.0 Å². The van der Waals surface area contributed by atoms with E-state index in [9.17, 15) is 13.6 Å². The Morgan fingerprint density at radius 3 is 2.43 bits per heavy atom. The highest BCUT2D eigenvalue weighted by atomic mass is 19.1. The van der Waals surface area contributed by atoms with Crippen molar-refractivity contribution in [2.45, 2.75) is 26.3 Å². The van der Waals surface area contributed by atoms with Crippen LogP contribution in [0.15, 0.2) is 54.9 Å². The van der Waals surface area contributed by atoms with Gasteiger partial charge in [0.2, 0.25) is 5.95 Å². The number of benzene rings is 2. The second kappa shape index (κ2) is 9.09. The molecule has 4 aromatic rings. The standard InChI is InChI=1S/C24H22F3N7O/c1-24(2,3)34-12-16(21(33-34)19-8-9-29-22(28)31-19)15-11-14(5-7-17(15)26)30-23(35)32-20-10-13(25)4-6-18(20)27/h4-12H,1-3H3,(H2,28,29,31)(H2,30,32,35). The molecule has 2 aromatic carbocycles. The molecular formula is C24H22F3N7O. The molecule has 0 saturated carbocycles. The van der Waals surface area contributed by atoms with Crippen LogP contribution < -0.4 is 16.4 Å². The molecule has 0 saturated heterocycles. The Balaban J connectivity index is 1.71. The van der Waals surface area contributed by atoms with Gasteiger partial charge in [0.05, 0.1) is 16.9 Å². The number of nitrogen functional groups attached to an aromatic ring is 1. The highest BCUT2D eigenvalue weighted by Crippen LogP contribution is 2.35. The molecule has 180 valence electrons. The number of carbonyl (C=O) groups excluding carboxylic acids is 1. The average molecular weight is 481 g/mol. The summed E-state index contributed by atoms with van der Waals surface area (Å²) in [6.07, 6.45) is 3.15. The summed E-state index contributed by atoms with van der Waals surface area (Å²) in [6.45, 7) is 5.81. The van der Waals surface area contributed by atoms with E-state index in [2.05, 4.69) is 25.7 Å². The molecule has 11 heteroatoms. The first kappa shape index (κ1) is 23.7. The minimum Gasteiger partial charge on any atom is -0.368 e. The third-order valence-corrected chi connectivity index (χ3v) is 5.01. The van der Waals surface area contributed by atoms with Crippen LogP contribution in [0.25, 0.3) is 22.5 Å². The molecule has 0 atom stereocenters. The quantitative estimate of drug-likeness (QED) is 0.361. The van der Waals surface area contributed by atoms with Gasteiger partial charge < -0.3 is 16.4 Å². The van der Waals surface area contributed by atoms with Gasteiger partial charge in [0.1, 0.15) is 23.1 Å². The van der Waals surface area contributed by atoms with Gasteiger partial charge in [-0.25, -0.2) is 27.9 Å². The third kappa shape index (κ3) is 5.24. The molecule has 0 radical (unpaired) electrons. The van der Waals surface area contributed by atoms with Crippen molar-refractivity contribution >= 4 is 23.4 Å². The monoisotopic (exact) mass is 481 g/mol. The van der Waals surface area contributed by atoms with E-state index in [1.165, 1.54) is 24.4 Å². The minimum atomic E-state index is -0.832. The number of hydrogen-bond acceptors (Lipinski definition) is 5. The highest BCUT2D eigenvalue weighted by Gasteiger charge is 2.23. The number of nitrogens with zero attached hydrogens (tertiary/aromatic N) is 4. The van der Waals surface area contributed by atoms with E-state index in [-0.39, 0.29) is 22.9 Å². The largest absolute Gasteiger partial charge is 0.368 e. The van der Waals surface area contributed by atoms with Crippen molar-refractivity contribution in [3.05, 3.63) is 72.3 Å². The molecule has 0 aliphatic carbocycles. The van der Waals surface area contributed by atoms with Gasteiger partial charge in [-0.3, -0.25) is 4.68 Å². The first-order valence-electron chi connectivity index (χ1n) is 10.5. The summed E-state index contributed by atoms with van der Waals surface area (Å²) in [5.41, 5.74) is 6.51. The molecule has 0 aliphatic rings. The molecule has 4 rings (SSSR count). The Morgan fingerprint density at radius 1 is 0.971 bits per heavy atom. The molecule has 0 aliphatic heterocycles. The van der Waals surface area contributed by atoms with Gasteiger partial charge >= 0.3 is 6.03 Å². The summed E-state index contributed by atoms with van der Waals surface area (Å²) >= 11 is 0. The Bertz CT molecular complexity index is 1410. The topological polar surface area (TPSA) is 111 Å². The second-order valence-corrected chi connectivity index (χ2v) is 8.70. The predicted molar refractivity (Wildman–Crippen MR) is 127 cm³/mol. The van der Waals surface area contributed by atoms with Crippen LogP contribution in [0.2, 0.25) is 0 Å². The van der Waals surface area contributed by atoms with Crippen molar-refractivity contribution in [1.29, 1.82) is 0 Å². The van der Waals surface area contributed by atoms with Crippen LogP contribution in [0.3, 0.4) is 0 Å². The van der Waals surface area contributed by atoms with E-state index in [1.54, 1.807) is 16.9 Å². The number of rotatable bonds is 4. The Hall–Kier alpha value is -4.41. The molecule has 2 heterocycles. The van der Waals surface area contributed by atoms with Crippen LogP contribution in [-0.2, 0) is 5.54 Å². The summed E-state index contributed by atoms with van der Waals surface area (Å²) < 4.78 is 43.9. The smallest absolute Gasteiger partial charge is 0.323 e.